The predicted molar refractivity (Wildman–Crippen MR) is 294 cm³/mol. The molecule has 1 aromatic heterocycles. The number of aromatic nitrogens is 1. The number of benzene rings is 9. The second kappa shape index (κ2) is 17.3. The van der Waals surface area contributed by atoms with Gasteiger partial charge in [0.25, 0.3) is 0 Å². The topological polar surface area (TPSA) is 8.17 Å². The Morgan fingerprint density at radius 3 is 1.52 bits per heavy atom. The van der Waals surface area contributed by atoms with Gasteiger partial charge in [-0.1, -0.05) is 198 Å². The zero-order chi connectivity index (χ0) is 46.6. The van der Waals surface area contributed by atoms with Gasteiger partial charge in [-0.15, -0.1) is 0 Å². The average Bonchev–Trinajstić information content (AvgIpc) is 3.86. The highest BCUT2D eigenvalue weighted by Crippen LogP contribution is 2.51. The lowest BCUT2D eigenvalue weighted by Gasteiger charge is -2.28. The Kier molecular flexibility index (Phi) is 10.6. The number of hydrogen-bond acceptors (Lipinski definition) is 1. The van der Waals surface area contributed by atoms with Gasteiger partial charge in [0.1, 0.15) is 0 Å². The summed E-state index contributed by atoms with van der Waals surface area (Å²) >= 11 is 0. The molecule has 0 fully saturated rings. The first kappa shape index (κ1) is 42.4. The van der Waals surface area contributed by atoms with E-state index in [0.717, 1.165) is 29.9 Å². The van der Waals surface area contributed by atoms with E-state index in [-0.39, 0.29) is 11.5 Å². The number of rotatable bonds is 10. The maximum Gasteiger partial charge on any atom is 0.0560 e. The highest BCUT2D eigenvalue weighted by atomic mass is 15.1. The van der Waals surface area contributed by atoms with Crippen LogP contribution in [0.2, 0.25) is 0 Å². The number of nitrogens with zero attached hydrogens (tertiary/aromatic N) is 2. The third kappa shape index (κ3) is 7.52. The standard InChI is InChI=1S/C67H56N2/c1-5-45(2)46-20-22-51(23-21-46)53-32-40-65-61(42-53)62-43-54(33-41-66(62)69(65)55-16-10-7-11-17-55)52-26-24-48(25-27-52)50-30-36-57(37-31-50)68(56-34-28-49(29-35-56)47-14-8-6-9-15-47)58-38-39-60-59-18-12-13-19-63(59)67(3,4)64(60)44-58/h6-16,18-45,55H,5,17H2,1-4H3. The van der Waals surface area contributed by atoms with Gasteiger partial charge in [-0.2, -0.15) is 0 Å². The van der Waals surface area contributed by atoms with Crippen LogP contribution in [0.4, 0.5) is 17.1 Å². The van der Waals surface area contributed by atoms with Crippen LogP contribution in [0.25, 0.3) is 77.4 Å². The SMILES string of the molecule is CCC(C)c1ccc(-c2ccc3c(c2)c2cc(-c4ccc(-c5ccc(N(c6ccc(-c7ccccc7)cc6)c6ccc7c(c6)C(C)(C)c6ccccc6-7)cc5)cc4)ccc2n3C2C=CC=CC2)cc1. The molecule has 2 heteroatoms. The van der Waals surface area contributed by atoms with Gasteiger partial charge in [0.05, 0.1) is 6.04 Å². The Morgan fingerprint density at radius 1 is 0.478 bits per heavy atom. The maximum atomic E-state index is 2.54. The van der Waals surface area contributed by atoms with Gasteiger partial charge < -0.3 is 9.47 Å². The lowest BCUT2D eigenvalue weighted by atomic mass is 9.82. The van der Waals surface area contributed by atoms with E-state index in [0.29, 0.717) is 5.92 Å². The highest BCUT2D eigenvalue weighted by molar-refractivity contribution is 6.11. The normalized spacial score (nSPS) is 15.0. The van der Waals surface area contributed by atoms with Crippen LogP contribution in [-0.2, 0) is 5.41 Å². The lowest BCUT2D eigenvalue weighted by Crippen LogP contribution is -2.16. The largest absolute Gasteiger partial charge is 0.333 e. The van der Waals surface area contributed by atoms with Gasteiger partial charge in [0.15, 0.2) is 0 Å². The minimum atomic E-state index is -0.0978. The van der Waals surface area contributed by atoms with E-state index < -0.39 is 0 Å². The Labute approximate surface area is 407 Å². The molecule has 334 valence electrons. The van der Waals surface area contributed by atoms with Crippen molar-refractivity contribution in [3.8, 4) is 55.6 Å². The molecule has 2 aliphatic rings. The molecule has 0 radical (unpaired) electrons. The average molecular weight is 889 g/mol. The van der Waals surface area contributed by atoms with Crippen LogP contribution in [0.15, 0.2) is 231 Å². The van der Waals surface area contributed by atoms with Crippen molar-refractivity contribution in [2.45, 2.75) is 57.9 Å². The van der Waals surface area contributed by atoms with Crippen LogP contribution in [0.1, 0.15) is 69.2 Å². The minimum absolute atomic E-state index is 0.0978. The molecule has 0 spiro atoms. The first-order chi connectivity index (χ1) is 33.8. The first-order valence-electron chi connectivity index (χ1n) is 24.7. The van der Waals surface area contributed by atoms with Gasteiger partial charge in [0, 0.05) is 44.3 Å². The van der Waals surface area contributed by atoms with Crippen molar-refractivity contribution in [1.82, 2.24) is 4.57 Å². The number of anilines is 3. The zero-order valence-corrected chi connectivity index (χ0v) is 39.9. The van der Waals surface area contributed by atoms with Crippen molar-refractivity contribution in [2.75, 3.05) is 4.90 Å². The van der Waals surface area contributed by atoms with E-state index in [1.165, 1.54) is 94.1 Å². The summed E-state index contributed by atoms with van der Waals surface area (Å²) in [5.41, 5.74) is 22.4. The van der Waals surface area contributed by atoms with Gasteiger partial charge in [-0.25, -0.2) is 0 Å². The molecule has 0 aliphatic heterocycles. The molecule has 12 rings (SSSR count). The molecule has 0 amide bonds. The number of hydrogen-bond donors (Lipinski definition) is 0. The summed E-state index contributed by atoms with van der Waals surface area (Å²) in [4.78, 5) is 2.40. The molecule has 0 bridgehead atoms. The Balaban J connectivity index is 0.875. The van der Waals surface area contributed by atoms with Crippen LogP contribution in [0.3, 0.4) is 0 Å². The van der Waals surface area contributed by atoms with E-state index in [1.54, 1.807) is 0 Å². The molecule has 0 N–H and O–H groups in total. The molecule has 0 saturated carbocycles. The fraction of sp³-hybridized carbons (Fsp3) is 0.134. The minimum Gasteiger partial charge on any atom is -0.333 e. The second-order valence-electron chi connectivity index (χ2n) is 19.7. The summed E-state index contributed by atoms with van der Waals surface area (Å²) in [6, 6.07) is 77.4. The summed E-state index contributed by atoms with van der Waals surface area (Å²) in [6.07, 6.45) is 11.1. The third-order valence-electron chi connectivity index (χ3n) is 15.3. The third-order valence-corrected chi connectivity index (χ3v) is 15.3. The molecule has 0 saturated heterocycles. The molecule has 2 unspecified atom stereocenters. The predicted octanol–water partition coefficient (Wildman–Crippen LogP) is 18.8. The molecule has 9 aromatic carbocycles. The second-order valence-corrected chi connectivity index (χ2v) is 19.7. The molecule has 2 nitrogen and oxygen atoms in total. The molecule has 2 atom stereocenters. The molecule has 1 heterocycles. The van der Waals surface area contributed by atoms with E-state index >= 15 is 0 Å². The fourth-order valence-corrected chi connectivity index (χ4v) is 11.1. The number of fused-ring (bicyclic) bond motifs is 6. The molecular formula is C67H56N2. The monoisotopic (exact) mass is 888 g/mol. The maximum absolute atomic E-state index is 2.54. The Morgan fingerprint density at radius 2 is 0.957 bits per heavy atom. The van der Waals surface area contributed by atoms with Crippen LogP contribution in [-0.4, -0.2) is 4.57 Å². The number of allylic oxidation sites excluding steroid dienone is 4. The Bertz CT molecular complexity index is 3570. The fourth-order valence-electron chi connectivity index (χ4n) is 11.1. The van der Waals surface area contributed by atoms with Crippen LogP contribution >= 0.6 is 0 Å². The van der Waals surface area contributed by atoms with Gasteiger partial charge >= 0.3 is 0 Å². The van der Waals surface area contributed by atoms with Crippen molar-refractivity contribution >= 4 is 38.9 Å². The molecule has 2 aliphatic carbocycles. The van der Waals surface area contributed by atoms with Crippen molar-refractivity contribution < 1.29 is 0 Å². The van der Waals surface area contributed by atoms with Crippen LogP contribution in [0.5, 0.6) is 0 Å². The molecule has 10 aromatic rings. The van der Waals surface area contributed by atoms with Crippen LogP contribution in [0, 0.1) is 0 Å². The van der Waals surface area contributed by atoms with Gasteiger partial charge in [0.2, 0.25) is 0 Å². The smallest absolute Gasteiger partial charge is 0.0560 e. The van der Waals surface area contributed by atoms with E-state index in [2.05, 4.69) is 268 Å². The van der Waals surface area contributed by atoms with E-state index in [9.17, 15) is 0 Å². The van der Waals surface area contributed by atoms with Crippen molar-refractivity contribution in [2.24, 2.45) is 0 Å². The van der Waals surface area contributed by atoms with Gasteiger partial charge in [-0.05, 0) is 152 Å². The lowest BCUT2D eigenvalue weighted by molar-refractivity contribution is 0.648. The summed E-state index contributed by atoms with van der Waals surface area (Å²) in [6.45, 7) is 9.28. The van der Waals surface area contributed by atoms with Crippen molar-refractivity contribution in [1.29, 1.82) is 0 Å². The van der Waals surface area contributed by atoms with E-state index in [4.69, 9.17) is 0 Å². The highest BCUT2D eigenvalue weighted by Gasteiger charge is 2.35. The van der Waals surface area contributed by atoms with Crippen LogP contribution < -0.4 is 4.90 Å². The summed E-state index contributed by atoms with van der Waals surface area (Å²) in [5, 5.41) is 2.59. The van der Waals surface area contributed by atoms with Gasteiger partial charge in [-0.3, -0.25) is 0 Å². The van der Waals surface area contributed by atoms with Crippen molar-refractivity contribution in [3.05, 3.63) is 247 Å². The summed E-state index contributed by atoms with van der Waals surface area (Å²) < 4.78 is 2.54. The summed E-state index contributed by atoms with van der Waals surface area (Å²) in [5.74, 6) is 0.560. The molecular weight excluding hydrogens is 833 g/mol. The van der Waals surface area contributed by atoms with E-state index in [1.807, 2.05) is 0 Å². The van der Waals surface area contributed by atoms with Crippen molar-refractivity contribution in [3.63, 3.8) is 0 Å². The quantitative estimate of drug-likeness (QED) is 0.133. The Hall–Kier alpha value is -7.94. The zero-order valence-electron chi connectivity index (χ0n) is 39.9. The summed E-state index contributed by atoms with van der Waals surface area (Å²) in [7, 11) is 0. The first-order valence-corrected chi connectivity index (χ1v) is 24.7. The molecule has 69 heavy (non-hydrogen) atoms.